The number of hydrogen-bond acceptors (Lipinski definition) is 3. The van der Waals surface area contributed by atoms with Crippen LogP contribution in [0.15, 0.2) is 17.1 Å². The Kier molecular flexibility index (Phi) is 4.37. The first-order valence-corrected chi connectivity index (χ1v) is 6.71. The summed E-state index contributed by atoms with van der Waals surface area (Å²) < 4.78 is 5.57. The van der Waals surface area contributed by atoms with Crippen molar-refractivity contribution in [3.05, 3.63) is 33.7 Å². The van der Waals surface area contributed by atoms with Crippen molar-refractivity contribution < 1.29 is 9.53 Å². The summed E-state index contributed by atoms with van der Waals surface area (Å²) in [7, 11) is 0. The average Bonchev–Trinajstić information content (AvgIpc) is 2.83. The van der Waals surface area contributed by atoms with Gasteiger partial charge in [0.15, 0.2) is 5.43 Å². The number of nitrogens with one attached hydrogen (secondary N) is 2. The van der Waals surface area contributed by atoms with Gasteiger partial charge in [0.05, 0.1) is 6.10 Å². The predicted molar refractivity (Wildman–Crippen MR) is 72.3 cm³/mol. The Morgan fingerprint density at radius 1 is 1.58 bits per heavy atom. The first-order valence-electron chi connectivity index (χ1n) is 6.71. The van der Waals surface area contributed by atoms with Crippen molar-refractivity contribution in [2.24, 2.45) is 5.92 Å². The van der Waals surface area contributed by atoms with E-state index in [1.807, 2.05) is 0 Å². The molecule has 1 aliphatic rings. The maximum absolute atomic E-state index is 12.0. The van der Waals surface area contributed by atoms with E-state index in [-0.39, 0.29) is 23.0 Å². The number of carbonyl (C=O) groups is 1. The number of pyridine rings is 1. The number of hydrogen-bond donors (Lipinski definition) is 2. The van der Waals surface area contributed by atoms with Crippen LogP contribution in [0.1, 0.15) is 35.8 Å². The molecule has 1 fully saturated rings. The molecule has 0 aromatic carbocycles. The Morgan fingerprint density at radius 3 is 3.05 bits per heavy atom. The second-order valence-corrected chi connectivity index (χ2v) is 4.97. The van der Waals surface area contributed by atoms with Gasteiger partial charge in [0.25, 0.3) is 5.91 Å². The molecule has 19 heavy (non-hydrogen) atoms. The molecule has 0 aliphatic carbocycles. The van der Waals surface area contributed by atoms with Gasteiger partial charge in [-0.1, -0.05) is 6.92 Å². The van der Waals surface area contributed by atoms with Gasteiger partial charge in [-0.3, -0.25) is 9.59 Å². The lowest BCUT2D eigenvalue weighted by Crippen LogP contribution is -2.35. The summed E-state index contributed by atoms with van der Waals surface area (Å²) in [6.45, 7) is 5.18. The molecule has 0 spiro atoms. The van der Waals surface area contributed by atoms with Gasteiger partial charge in [-0.15, -0.1) is 0 Å². The quantitative estimate of drug-likeness (QED) is 0.859. The van der Waals surface area contributed by atoms with E-state index in [1.165, 1.54) is 12.3 Å². The SMILES string of the molecule is CCC1OCCC1CNC(=O)c1c[nH]c(C)cc1=O. The van der Waals surface area contributed by atoms with Crippen LogP contribution in [0.25, 0.3) is 0 Å². The molecule has 2 unspecified atom stereocenters. The Labute approximate surface area is 112 Å². The number of aromatic amines is 1. The van der Waals surface area contributed by atoms with E-state index in [0.717, 1.165) is 25.1 Å². The fraction of sp³-hybridized carbons (Fsp3) is 0.571. The first kappa shape index (κ1) is 13.8. The van der Waals surface area contributed by atoms with Gasteiger partial charge in [0.2, 0.25) is 0 Å². The molecule has 5 nitrogen and oxygen atoms in total. The molecule has 2 atom stereocenters. The van der Waals surface area contributed by atoms with Crippen molar-refractivity contribution in [1.29, 1.82) is 0 Å². The third-order valence-electron chi connectivity index (χ3n) is 3.58. The molecule has 104 valence electrons. The fourth-order valence-electron chi connectivity index (χ4n) is 2.45. The van der Waals surface area contributed by atoms with Gasteiger partial charge in [-0.05, 0) is 19.8 Å². The van der Waals surface area contributed by atoms with E-state index in [9.17, 15) is 9.59 Å². The van der Waals surface area contributed by atoms with E-state index in [1.54, 1.807) is 6.92 Å². The maximum atomic E-state index is 12.0. The molecule has 0 bridgehead atoms. The number of aryl methyl sites for hydroxylation is 1. The minimum absolute atomic E-state index is 0.164. The van der Waals surface area contributed by atoms with E-state index in [0.29, 0.717) is 12.5 Å². The molecule has 2 rings (SSSR count). The van der Waals surface area contributed by atoms with Crippen LogP contribution in [0.5, 0.6) is 0 Å². The highest BCUT2D eigenvalue weighted by atomic mass is 16.5. The van der Waals surface area contributed by atoms with Gasteiger partial charge in [-0.25, -0.2) is 0 Å². The van der Waals surface area contributed by atoms with E-state index >= 15 is 0 Å². The second-order valence-electron chi connectivity index (χ2n) is 4.97. The summed E-state index contributed by atoms with van der Waals surface area (Å²) in [5.41, 5.74) is 0.665. The normalized spacial score (nSPS) is 22.4. The van der Waals surface area contributed by atoms with Gasteiger partial charge in [0.1, 0.15) is 5.56 Å². The molecule has 1 aromatic heterocycles. The summed E-state index contributed by atoms with van der Waals surface area (Å²) in [6.07, 6.45) is 3.60. The van der Waals surface area contributed by atoms with Crippen molar-refractivity contribution in [3.63, 3.8) is 0 Å². The number of amides is 1. The zero-order chi connectivity index (χ0) is 13.8. The van der Waals surface area contributed by atoms with Crippen LogP contribution in [0.2, 0.25) is 0 Å². The Morgan fingerprint density at radius 2 is 2.37 bits per heavy atom. The lowest BCUT2D eigenvalue weighted by molar-refractivity contribution is 0.0826. The summed E-state index contributed by atoms with van der Waals surface area (Å²) >= 11 is 0. The predicted octanol–water partition coefficient (Wildman–Crippen LogP) is 1.23. The summed E-state index contributed by atoms with van der Waals surface area (Å²) in [5, 5.41) is 2.83. The Balaban J connectivity index is 1.96. The zero-order valence-electron chi connectivity index (χ0n) is 11.4. The Bertz CT molecular complexity index is 510. The highest BCUT2D eigenvalue weighted by molar-refractivity contribution is 5.93. The summed E-state index contributed by atoms with van der Waals surface area (Å²) in [5.74, 6) is 0.0292. The van der Waals surface area contributed by atoms with E-state index in [2.05, 4.69) is 17.2 Å². The zero-order valence-corrected chi connectivity index (χ0v) is 11.4. The highest BCUT2D eigenvalue weighted by Crippen LogP contribution is 2.22. The molecule has 1 aliphatic heterocycles. The van der Waals surface area contributed by atoms with Gasteiger partial charge in [-0.2, -0.15) is 0 Å². The standard InChI is InChI=1S/C14H20N2O3/c1-3-13-10(4-5-19-13)7-16-14(18)11-8-15-9(2)6-12(11)17/h6,8,10,13H,3-5,7H2,1-2H3,(H,15,17)(H,16,18). The molecule has 1 saturated heterocycles. The largest absolute Gasteiger partial charge is 0.378 e. The molecule has 1 amide bonds. The fourth-order valence-corrected chi connectivity index (χ4v) is 2.45. The topological polar surface area (TPSA) is 71.2 Å². The number of rotatable bonds is 4. The minimum Gasteiger partial charge on any atom is -0.378 e. The third kappa shape index (κ3) is 3.23. The summed E-state index contributed by atoms with van der Waals surface area (Å²) in [4.78, 5) is 26.5. The molecule has 5 heteroatoms. The van der Waals surface area contributed by atoms with Crippen LogP contribution in [0.3, 0.4) is 0 Å². The molecule has 2 N–H and O–H groups in total. The number of aromatic nitrogens is 1. The second kappa shape index (κ2) is 6.02. The van der Waals surface area contributed by atoms with Crippen LogP contribution in [0, 0.1) is 12.8 Å². The lowest BCUT2D eigenvalue weighted by atomic mass is 9.99. The van der Waals surface area contributed by atoms with Crippen molar-refractivity contribution in [2.75, 3.05) is 13.2 Å². The average molecular weight is 264 g/mol. The maximum Gasteiger partial charge on any atom is 0.256 e. The highest BCUT2D eigenvalue weighted by Gasteiger charge is 2.27. The minimum atomic E-state index is -0.317. The number of carbonyl (C=O) groups excluding carboxylic acids is 1. The molecular weight excluding hydrogens is 244 g/mol. The van der Waals surface area contributed by atoms with Crippen LogP contribution >= 0.6 is 0 Å². The van der Waals surface area contributed by atoms with Gasteiger partial charge in [0, 0.05) is 37.0 Å². The number of H-pyrrole nitrogens is 1. The van der Waals surface area contributed by atoms with Crippen LogP contribution in [-0.2, 0) is 4.74 Å². The van der Waals surface area contributed by atoms with Crippen molar-refractivity contribution in [2.45, 2.75) is 32.8 Å². The van der Waals surface area contributed by atoms with Crippen molar-refractivity contribution in [3.8, 4) is 0 Å². The molecule has 0 saturated carbocycles. The summed E-state index contributed by atoms with van der Waals surface area (Å²) in [6, 6.07) is 1.43. The van der Waals surface area contributed by atoms with E-state index < -0.39 is 0 Å². The van der Waals surface area contributed by atoms with Crippen LogP contribution in [-0.4, -0.2) is 30.1 Å². The smallest absolute Gasteiger partial charge is 0.256 e. The molecular formula is C14H20N2O3. The van der Waals surface area contributed by atoms with E-state index in [4.69, 9.17) is 4.74 Å². The van der Waals surface area contributed by atoms with Gasteiger partial charge < -0.3 is 15.0 Å². The lowest BCUT2D eigenvalue weighted by Gasteiger charge is -2.17. The van der Waals surface area contributed by atoms with Crippen molar-refractivity contribution in [1.82, 2.24) is 10.3 Å². The molecule has 1 aromatic rings. The first-order chi connectivity index (χ1) is 9.11. The molecule has 2 heterocycles. The monoisotopic (exact) mass is 264 g/mol. The number of ether oxygens (including phenoxy) is 1. The van der Waals surface area contributed by atoms with Crippen LogP contribution < -0.4 is 10.7 Å². The van der Waals surface area contributed by atoms with Gasteiger partial charge >= 0.3 is 0 Å². The molecule has 0 radical (unpaired) electrons. The van der Waals surface area contributed by atoms with Crippen molar-refractivity contribution >= 4 is 5.91 Å². The van der Waals surface area contributed by atoms with Crippen LogP contribution in [0.4, 0.5) is 0 Å². The Hall–Kier alpha value is -1.62. The third-order valence-corrected chi connectivity index (χ3v) is 3.58.